The average Bonchev–Trinajstić information content (AvgIpc) is 3.40. The number of aliphatic imine (C=N–C) groups is 1. The molecule has 1 aliphatic carbocycles. The maximum Gasteiger partial charge on any atom is 0.213 e. The highest BCUT2D eigenvalue weighted by Gasteiger charge is 2.22. The minimum Gasteiger partial charge on any atom is -0.477 e. The Kier molecular flexibility index (Phi) is 9.48. The van der Waals surface area contributed by atoms with Crippen molar-refractivity contribution in [3.63, 3.8) is 0 Å². The Hall–Kier alpha value is -1.09. The van der Waals surface area contributed by atoms with Crippen molar-refractivity contribution in [3.8, 4) is 5.88 Å². The lowest BCUT2D eigenvalue weighted by Crippen LogP contribution is -2.45. The van der Waals surface area contributed by atoms with Crippen LogP contribution in [0.3, 0.4) is 0 Å². The number of halogens is 1. The fourth-order valence-corrected chi connectivity index (χ4v) is 2.00. The van der Waals surface area contributed by atoms with Gasteiger partial charge in [-0.1, -0.05) is 0 Å². The second-order valence-corrected chi connectivity index (χ2v) is 6.77. The SMILES string of the molecule is CCNC(=NCc1ccnc(OCC2CC2)c1)NCC(C)(C)OC.I. The van der Waals surface area contributed by atoms with Gasteiger partial charge < -0.3 is 20.1 Å². The van der Waals surface area contributed by atoms with Gasteiger partial charge in [0, 0.05) is 32.5 Å². The van der Waals surface area contributed by atoms with E-state index >= 15 is 0 Å². The third-order valence-electron chi connectivity index (χ3n) is 3.96. The average molecular weight is 462 g/mol. The molecule has 1 fully saturated rings. The van der Waals surface area contributed by atoms with Crippen molar-refractivity contribution in [2.45, 2.75) is 45.8 Å². The molecule has 0 amide bonds. The van der Waals surface area contributed by atoms with E-state index < -0.39 is 0 Å². The Morgan fingerprint density at radius 1 is 1.36 bits per heavy atom. The van der Waals surface area contributed by atoms with Gasteiger partial charge in [0.1, 0.15) is 0 Å². The van der Waals surface area contributed by atoms with Gasteiger partial charge in [0.15, 0.2) is 5.96 Å². The lowest BCUT2D eigenvalue weighted by molar-refractivity contribution is 0.0268. The molecule has 0 saturated heterocycles. The highest BCUT2D eigenvalue weighted by molar-refractivity contribution is 14.0. The summed E-state index contributed by atoms with van der Waals surface area (Å²) in [7, 11) is 1.71. The molecule has 1 heterocycles. The number of hydrogen-bond donors (Lipinski definition) is 2. The van der Waals surface area contributed by atoms with Gasteiger partial charge >= 0.3 is 0 Å². The van der Waals surface area contributed by atoms with Crippen LogP contribution in [-0.4, -0.2) is 43.4 Å². The van der Waals surface area contributed by atoms with Crippen LogP contribution in [0.4, 0.5) is 0 Å². The van der Waals surface area contributed by atoms with Gasteiger partial charge in [-0.25, -0.2) is 9.98 Å². The number of nitrogens with zero attached hydrogens (tertiary/aromatic N) is 2. The van der Waals surface area contributed by atoms with Crippen molar-refractivity contribution in [2.24, 2.45) is 10.9 Å². The molecule has 25 heavy (non-hydrogen) atoms. The summed E-state index contributed by atoms with van der Waals surface area (Å²) in [5.74, 6) is 2.19. The first kappa shape index (κ1) is 22.0. The van der Waals surface area contributed by atoms with Crippen LogP contribution in [0.2, 0.25) is 0 Å². The summed E-state index contributed by atoms with van der Waals surface area (Å²) in [6, 6.07) is 3.94. The molecule has 0 bridgehead atoms. The van der Waals surface area contributed by atoms with Gasteiger partial charge in [-0.05, 0) is 51.2 Å². The lowest BCUT2D eigenvalue weighted by atomic mass is 10.1. The lowest BCUT2D eigenvalue weighted by Gasteiger charge is -2.24. The molecule has 142 valence electrons. The molecule has 1 aliphatic rings. The molecule has 2 N–H and O–H groups in total. The number of hydrogen-bond acceptors (Lipinski definition) is 4. The molecule has 0 unspecified atom stereocenters. The van der Waals surface area contributed by atoms with Crippen LogP contribution < -0.4 is 15.4 Å². The standard InChI is InChI=1S/C18H30N4O2.HI/c1-5-19-17(22-13-18(2,3)23-4)21-11-15-8-9-20-16(10-15)24-12-14-6-7-14;/h8-10,14H,5-7,11-13H2,1-4H3,(H2,19,21,22);1H. The molecule has 2 rings (SSSR count). The molecule has 0 radical (unpaired) electrons. The summed E-state index contributed by atoms with van der Waals surface area (Å²) in [4.78, 5) is 8.89. The van der Waals surface area contributed by atoms with E-state index in [0.29, 0.717) is 19.0 Å². The molecule has 6 nitrogen and oxygen atoms in total. The van der Waals surface area contributed by atoms with Crippen LogP contribution in [0.1, 0.15) is 39.2 Å². The monoisotopic (exact) mass is 462 g/mol. The summed E-state index contributed by atoms with van der Waals surface area (Å²) >= 11 is 0. The Morgan fingerprint density at radius 2 is 2.12 bits per heavy atom. The van der Waals surface area contributed by atoms with Gasteiger partial charge in [-0.15, -0.1) is 24.0 Å². The second kappa shape index (κ2) is 10.8. The molecule has 1 aromatic rings. The summed E-state index contributed by atoms with van der Waals surface area (Å²) in [5, 5.41) is 6.56. The zero-order chi connectivity index (χ0) is 17.4. The highest BCUT2D eigenvalue weighted by atomic mass is 127. The zero-order valence-electron chi connectivity index (χ0n) is 15.7. The van der Waals surface area contributed by atoms with E-state index in [1.54, 1.807) is 13.3 Å². The molecular weight excluding hydrogens is 431 g/mol. The normalized spacial score (nSPS) is 14.6. The number of nitrogens with one attached hydrogen (secondary N) is 2. The van der Waals surface area contributed by atoms with Gasteiger partial charge in [-0.3, -0.25) is 0 Å². The van der Waals surface area contributed by atoms with E-state index in [1.807, 2.05) is 26.0 Å². The first-order valence-corrected chi connectivity index (χ1v) is 8.67. The Morgan fingerprint density at radius 3 is 2.76 bits per heavy atom. The fraction of sp³-hybridized carbons (Fsp3) is 0.667. The van der Waals surface area contributed by atoms with Gasteiger partial charge in [-0.2, -0.15) is 0 Å². The molecule has 0 spiro atoms. The van der Waals surface area contributed by atoms with E-state index in [9.17, 15) is 0 Å². The predicted octanol–water partition coefficient (Wildman–Crippen LogP) is 2.97. The van der Waals surface area contributed by atoms with Crippen molar-refractivity contribution in [2.75, 3.05) is 26.8 Å². The maximum absolute atomic E-state index is 5.72. The number of pyridine rings is 1. The summed E-state index contributed by atoms with van der Waals surface area (Å²) in [6.07, 6.45) is 4.33. The van der Waals surface area contributed by atoms with Crippen molar-refractivity contribution in [1.82, 2.24) is 15.6 Å². The predicted molar refractivity (Wildman–Crippen MR) is 112 cm³/mol. The molecule has 7 heteroatoms. The molecule has 0 aliphatic heterocycles. The maximum atomic E-state index is 5.72. The number of guanidine groups is 1. The Labute approximate surface area is 168 Å². The largest absolute Gasteiger partial charge is 0.477 e. The van der Waals surface area contributed by atoms with Gasteiger partial charge in [0.05, 0.1) is 18.8 Å². The molecular formula is C18H31IN4O2. The van der Waals surface area contributed by atoms with Gasteiger partial charge in [0.25, 0.3) is 0 Å². The van der Waals surface area contributed by atoms with Crippen molar-refractivity contribution < 1.29 is 9.47 Å². The number of methoxy groups -OCH3 is 1. The van der Waals surface area contributed by atoms with Crippen LogP contribution in [-0.2, 0) is 11.3 Å². The number of ether oxygens (including phenoxy) is 2. The molecule has 1 saturated carbocycles. The highest BCUT2D eigenvalue weighted by Crippen LogP contribution is 2.29. The van der Waals surface area contributed by atoms with E-state index in [-0.39, 0.29) is 29.6 Å². The number of rotatable bonds is 9. The van der Waals surface area contributed by atoms with Crippen LogP contribution in [0, 0.1) is 5.92 Å². The van der Waals surface area contributed by atoms with Crippen molar-refractivity contribution in [3.05, 3.63) is 23.9 Å². The molecule has 0 aromatic carbocycles. The van der Waals surface area contributed by atoms with Crippen molar-refractivity contribution >= 4 is 29.9 Å². The Bertz CT molecular complexity index is 548. The summed E-state index contributed by atoms with van der Waals surface area (Å²) in [6.45, 7) is 8.97. The van der Waals surface area contributed by atoms with E-state index in [0.717, 1.165) is 30.6 Å². The second-order valence-electron chi connectivity index (χ2n) is 6.77. The zero-order valence-corrected chi connectivity index (χ0v) is 18.0. The number of aromatic nitrogens is 1. The minimum absolute atomic E-state index is 0. The van der Waals surface area contributed by atoms with Gasteiger partial charge in [0.2, 0.25) is 5.88 Å². The fourth-order valence-electron chi connectivity index (χ4n) is 2.00. The van der Waals surface area contributed by atoms with Crippen LogP contribution in [0.5, 0.6) is 5.88 Å². The van der Waals surface area contributed by atoms with Crippen molar-refractivity contribution in [1.29, 1.82) is 0 Å². The Balaban J connectivity index is 0.00000312. The quantitative estimate of drug-likeness (QED) is 0.336. The molecule has 0 atom stereocenters. The third-order valence-corrected chi connectivity index (χ3v) is 3.96. The smallest absolute Gasteiger partial charge is 0.213 e. The summed E-state index contributed by atoms with van der Waals surface area (Å²) < 4.78 is 11.2. The summed E-state index contributed by atoms with van der Waals surface area (Å²) in [5.41, 5.74) is 0.843. The minimum atomic E-state index is -0.239. The molecule has 1 aromatic heterocycles. The van der Waals surface area contributed by atoms with E-state index in [2.05, 4.69) is 27.5 Å². The van der Waals surface area contributed by atoms with E-state index in [1.165, 1.54) is 12.8 Å². The van der Waals surface area contributed by atoms with Crippen LogP contribution in [0.15, 0.2) is 23.3 Å². The topological polar surface area (TPSA) is 67.8 Å². The first-order valence-electron chi connectivity index (χ1n) is 8.67. The van der Waals surface area contributed by atoms with E-state index in [4.69, 9.17) is 9.47 Å². The van der Waals surface area contributed by atoms with Crippen LogP contribution >= 0.6 is 24.0 Å². The third kappa shape index (κ3) is 8.71. The van der Waals surface area contributed by atoms with Crippen LogP contribution in [0.25, 0.3) is 0 Å². The first-order chi connectivity index (χ1) is 11.5.